The number of ether oxygens (including phenoxy) is 1. The average molecular weight is 468 g/mol. The topological polar surface area (TPSA) is 56.9 Å². The molecule has 0 radical (unpaired) electrons. The lowest BCUT2D eigenvalue weighted by molar-refractivity contribution is -0.671. The van der Waals surface area contributed by atoms with E-state index >= 15 is 0 Å². The molecule has 0 unspecified atom stereocenters. The monoisotopic (exact) mass is 467 g/mol. The van der Waals surface area contributed by atoms with Crippen molar-refractivity contribution in [1.82, 2.24) is 4.90 Å². The molecule has 6 nitrogen and oxygen atoms in total. The summed E-state index contributed by atoms with van der Waals surface area (Å²) in [6.07, 6.45) is 6.25. The number of rotatable bonds is 5. The Hall–Kier alpha value is -2.02. The maximum atomic E-state index is 12.2. The fourth-order valence-corrected chi connectivity index (χ4v) is 4.30. The Labute approximate surface area is 196 Å². The summed E-state index contributed by atoms with van der Waals surface area (Å²) >= 11 is 0. The number of aliphatic carboxylic acids is 1. The number of nitrogens with zero attached hydrogens (tertiary/aromatic N) is 3. The van der Waals surface area contributed by atoms with Crippen LogP contribution in [0, 0.1) is 5.41 Å². The van der Waals surface area contributed by atoms with Crippen LogP contribution in [0.3, 0.4) is 0 Å². The minimum absolute atomic E-state index is 0. The largest absolute Gasteiger partial charge is 1.00 e. The van der Waals surface area contributed by atoms with Crippen molar-refractivity contribution in [3.63, 3.8) is 0 Å². The number of piperidine rings is 1. The molecule has 2 aliphatic heterocycles. The number of fused-ring (bicyclic) bond motifs is 1. The number of carboxylic acids is 1. The highest BCUT2D eigenvalue weighted by Gasteiger charge is 2.42. The van der Waals surface area contributed by atoms with Crippen LogP contribution in [0.5, 0.6) is 5.75 Å². The summed E-state index contributed by atoms with van der Waals surface area (Å²) < 4.78 is 8.05. The van der Waals surface area contributed by atoms with E-state index in [1.54, 1.807) is 0 Å². The third-order valence-corrected chi connectivity index (χ3v) is 6.40. The van der Waals surface area contributed by atoms with Gasteiger partial charge in [0, 0.05) is 44.0 Å². The second-order valence-electron chi connectivity index (χ2n) is 8.50. The Morgan fingerprint density at radius 2 is 1.81 bits per heavy atom. The molecule has 3 heterocycles. The van der Waals surface area contributed by atoms with Gasteiger partial charge in [-0.05, 0) is 49.6 Å². The van der Waals surface area contributed by atoms with Gasteiger partial charge in [-0.2, -0.15) is 0 Å². The molecular weight excluding hydrogens is 437 g/mol. The second-order valence-corrected chi connectivity index (χ2v) is 8.50. The standard InChI is InChI=1S/C23H29N3O3.2ClH/c1-24-11-6-20(7-12-24)26-13-8-23(9-14-26,22(27)28)17-29-21-4-3-18-5-10-25(2)16-19(18)15-21;;/h3-4,6-7,11-12,15H,5,8-10,13-14,16-17H2,1-2H3;2*1H. The zero-order valence-corrected chi connectivity index (χ0v) is 19.7. The third-order valence-electron chi connectivity index (χ3n) is 6.40. The molecule has 0 atom stereocenters. The first kappa shape index (κ1) is 25.2. The zero-order chi connectivity index (χ0) is 20.4. The molecule has 0 amide bonds. The van der Waals surface area contributed by atoms with Gasteiger partial charge in [-0.15, -0.1) is 12.4 Å². The van der Waals surface area contributed by atoms with Gasteiger partial charge in [-0.3, -0.25) is 4.79 Å². The van der Waals surface area contributed by atoms with E-state index in [0.29, 0.717) is 12.8 Å². The molecule has 0 spiro atoms. The molecule has 0 aliphatic carbocycles. The van der Waals surface area contributed by atoms with Crippen LogP contribution in [0.15, 0.2) is 42.7 Å². The van der Waals surface area contributed by atoms with Crippen molar-refractivity contribution < 1.29 is 31.6 Å². The van der Waals surface area contributed by atoms with E-state index in [2.05, 4.69) is 41.1 Å². The van der Waals surface area contributed by atoms with Gasteiger partial charge in [-0.25, -0.2) is 4.57 Å². The molecule has 1 saturated heterocycles. The highest BCUT2D eigenvalue weighted by Crippen LogP contribution is 2.35. The molecule has 1 fully saturated rings. The van der Waals surface area contributed by atoms with Gasteiger partial charge in [0.25, 0.3) is 0 Å². The quantitative estimate of drug-likeness (QED) is 0.610. The Morgan fingerprint density at radius 1 is 1.13 bits per heavy atom. The first-order valence-electron chi connectivity index (χ1n) is 10.3. The lowest BCUT2D eigenvalue weighted by atomic mass is 9.79. The van der Waals surface area contributed by atoms with Gasteiger partial charge in [0.05, 0.1) is 0 Å². The van der Waals surface area contributed by atoms with Crippen molar-refractivity contribution >= 4 is 24.1 Å². The van der Waals surface area contributed by atoms with Crippen LogP contribution in [-0.2, 0) is 24.8 Å². The van der Waals surface area contributed by atoms with Gasteiger partial charge in [0.1, 0.15) is 24.8 Å². The van der Waals surface area contributed by atoms with E-state index in [4.69, 9.17) is 4.74 Å². The van der Waals surface area contributed by atoms with Gasteiger partial charge >= 0.3 is 5.97 Å². The van der Waals surface area contributed by atoms with Crippen molar-refractivity contribution in [2.75, 3.05) is 38.2 Å². The summed E-state index contributed by atoms with van der Waals surface area (Å²) in [7, 11) is 4.11. The van der Waals surface area contributed by atoms with E-state index in [9.17, 15) is 9.90 Å². The van der Waals surface area contributed by atoms with Crippen LogP contribution in [0.25, 0.3) is 0 Å². The number of hydrogen-bond acceptors (Lipinski definition) is 4. The number of aromatic nitrogens is 1. The van der Waals surface area contributed by atoms with Crippen molar-refractivity contribution in [2.24, 2.45) is 12.5 Å². The molecule has 1 N–H and O–H groups in total. The van der Waals surface area contributed by atoms with E-state index in [0.717, 1.165) is 44.0 Å². The highest BCUT2D eigenvalue weighted by atomic mass is 35.5. The molecule has 4 rings (SSSR count). The number of aryl methyl sites for hydroxylation is 1. The van der Waals surface area contributed by atoms with Crippen LogP contribution in [0.4, 0.5) is 5.69 Å². The number of carboxylic acid groups (broad SMARTS) is 1. The maximum Gasteiger partial charge on any atom is 0.313 e. The summed E-state index contributed by atoms with van der Waals surface area (Å²) in [6.45, 7) is 3.65. The normalized spacial score (nSPS) is 17.7. The van der Waals surface area contributed by atoms with Crippen molar-refractivity contribution in [1.29, 1.82) is 0 Å². The number of anilines is 1. The Morgan fingerprint density at radius 3 is 2.45 bits per heavy atom. The summed E-state index contributed by atoms with van der Waals surface area (Å²) in [5, 5.41) is 9.98. The molecule has 0 saturated carbocycles. The molecule has 2 aliphatic rings. The predicted molar refractivity (Wildman–Crippen MR) is 118 cm³/mol. The highest BCUT2D eigenvalue weighted by molar-refractivity contribution is 5.85. The van der Waals surface area contributed by atoms with Crippen LogP contribution < -0.4 is 26.6 Å². The van der Waals surface area contributed by atoms with E-state index in [1.807, 2.05) is 30.1 Å². The molecule has 170 valence electrons. The molecule has 1 aromatic carbocycles. The SMILES string of the molecule is CN1CCc2ccc(OCC3(C(=O)O)CCN(c4cc[n+](C)cc4)CC3)cc2C1.Cl.[Cl-]. The van der Waals surface area contributed by atoms with Crippen LogP contribution in [0.2, 0.25) is 0 Å². The smallest absolute Gasteiger partial charge is 0.313 e. The third kappa shape index (κ3) is 5.62. The number of hydrogen-bond donors (Lipinski definition) is 1. The molecule has 31 heavy (non-hydrogen) atoms. The van der Waals surface area contributed by atoms with E-state index in [1.165, 1.54) is 11.1 Å². The Kier molecular flexibility index (Phi) is 8.57. The summed E-state index contributed by atoms with van der Waals surface area (Å²) in [4.78, 5) is 16.7. The number of carbonyl (C=O) groups is 1. The average Bonchev–Trinajstić information content (AvgIpc) is 2.73. The Balaban J connectivity index is 0.00000171. The van der Waals surface area contributed by atoms with Crippen LogP contribution in [-0.4, -0.2) is 49.3 Å². The van der Waals surface area contributed by atoms with Crippen molar-refractivity contribution in [2.45, 2.75) is 25.8 Å². The van der Waals surface area contributed by atoms with Crippen molar-refractivity contribution in [3.05, 3.63) is 53.9 Å². The lowest BCUT2D eigenvalue weighted by Crippen LogP contribution is -3.00. The number of pyridine rings is 1. The number of likely N-dealkylation sites (N-methyl/N-ethyl adjacent to an activating group) is 1. The Bertz CT molecular complexity index is 884. The summed E-state index contributed by atoms with van der Waals surface area (Å²) in [5.74, 6) is 0.0203. The molecule has 1 aromatic heterocycles. The zero-order valence-electron chi connectivity index (χ0n) is 18.1. The number of halogens is 2. The minimum atomic E-state index is -0.831. The molecule has 2 aromatic rings. The fourth-order valence-electron chi connectivity index (χ4n) is 4.30. The van der Waals surface area contributed by atoms with Crippen molar-refractivity contribution in [3.8, 4) is 5.75 Å². The molecule has 8 heteroatoms. The summed E-state index contributed by atoms with van der Waals surface area (Å²) in [6, 6.07) is 10.4. The maximum absolute atomic E-state index is 12.2. The van der Waals surface area contributed by atoms with Gasteiger partial charge in [-0.1, -0.05) is 6.07 Å². The molecular formula is C23H31Cl2N3O3. The first-order chi connectivity index (χ1) is 13.9. The van der Waals surface area contributed by atoms with Gasteiger partial charge in [0.2, 0.25) is 0 Å². The second kappa shape index (κ2) is 10.5. The lowest BCUT2D eigenvalue weighted by Gasteiger charge is -2.39. The van der Waals surface area contributed by atoms with E-state index < -0.39 is 11.4 Å². The first-order valence-corrected chi connectivity index (χ1v) is 10.3. The van der Waals surface area contributed by atoms with E-state index in [-0.39, 0.29) is 31.4 Å². The summed E-state index contributed by atoms with van der Waals surface area (Å²) in [5.41, 5.74) is 2.96. The van der Waals surface area contributed by atoms with Gasteiger partial charge in [0.15, 0.2) is 12.4 Å². The van der Waals surface area contributed by atoms with Crippen LogP contribution in [0.1, 0.15) is 24.0 Å². The predicted octanol–water partition coefficient (Wildman–Crippen LogP) is -0.325. The fraction of sp³-hybridized carbons (Fsp3) is 0.478. The molecule has 0 bridgehead atoms. The van der Waals surface area contributed by atoms with Crippen LogP contribution >= 0.6 is 12.4 Å². The number of benzene rings is 1. The van der Waals surface area contributed by atoms with Gasteiger partial charge < -0.3 is 32.1 Å². The minimum Gasteiger partial charge on any atom is -1.00 e.